The van der Waals surface area contributed by atoms with Crippen LogP contribution in [0.1, 0.15) is 17.5 Å². The van der Waals surface area contributed by atoms with Crippen LogP contribution in [0.15, 0.2) is 42.5 Å². The van der Waals surface area contributed by atoms with Gasteiger partial charge < -0.3 is 15.0 Å². The van der Waals surface area contributed by atoms with Gasteiger partial charge in [-0.3, -0.25) is 9.69 Å². The van der Waals surface area contributed by atoms with Crippen molar-refractivity contribution in [2.45, 2.75) is 20.3 Å². The largest absolute Gasteiger partial charge is 0.493 e. The second-order valence-corrected chi connectivity index (χ2v) is 8.94. The zero-order chi connectivity index (χ0) is 21.6. The highest BCUT2D eigenvalue weighted by Gasteiger charge is 2.20. The number of fused-ring (bicyclic) bond motifs is 1. The second kappa shape index (κ2) is 10.1. The van der Waals surface area contributed by atoms with E-state index in [0.29, 0.717) is 19.6 Å². The molecule has 0 aliphatic carbocycles. The normalized spacial score (nSPS) is 14.7. The molecule has 0 radical (unpaired) electrons. The zero-order valence-corrected chi connectivity index (χ0v) is 19.1. The Morgan fingerprint density at radius 1 is 1.06 bits per heavy atom. The average molecular weight is 439 g/mol. The molecule has 4 rings (SSSR count). The van der Waals surface area contributed by atoms with E-state index < -0.39 is 0 Å². The molecule has 1 aliphatic rings. The number of thiazole rings is 1. The van der Waals surface area contributed by atoms with E-state index in [9.17, 15) is 4.79 Å². The Morgan fingerprint density at radius 2 is 1.81 bits per heavy atom. The smallest absolute Gasteiger partial charge is 0.223 e. The molecule has 2 aromatic carbocycles. The van der Waals surface area contributed by atoms with E-state index in [1.54, 1.807) is 11.3 Å². The van der Waals surface area contributed by atoms with Gasteiger partial charge in [0.25, 0.3) is 0 Å². The number of ether oxygens (including phenoxy) is 1. The number of anilines is 1. The number of carbonyl (C=O) groups excluding carboxylic acids is 1. The summed E-state index contributed by atoms with van der Waals surface area (Å²) in [7, 11) is 0. The SMILES string of the molecule is Cc1ccc(C)c2sc(N3CCN(CCNC(=O)CCOc4ccccc4)CC3)nc12. The minimum Gasteiger partial charge on any atom is -0.493 e. The first-order chi connectivity index (χ1) is 15.1. The third-order valence-corrected chi connectivity index (χ3v) is 6.92. The molecule has 0 bridgehead atoms. The molecule has 1 fully saturated rings. The minimum absolute atomic E-state index is 0.0368. The summed E-state index contributed by atoms with van der Waals surface area (Å²) in [5.41, 5.74) is 3.68. The standard InChI is InChI=1S/C24H30N4O2S/c1-18-8-9-19(2)23-22(18)26-24(31-23)28-15-13-27(14-16-28)12-11-25-21(29)10-17-30-20-6-4-3-5-7-20/h3-9H,10-17H2,1-2H3,(H,25,29). The lowest BCUT2D eigenvalue weighted by Gasteiger charge is -2.34. The highest BCUT2D eigenvalue weighted by molar-refractivity contribution is 7.22. The monoisotopic (exact) mass is 438 g/mol. The summed E-state index contributed by atoms with van der Waals surface area (Å²) in [5.74, 6) is 0.835. The van der Waals surface area contributed by atoms with Crippen LogP contribution in [0.2, 0.25) is 0 Å². The minimum atomic E-state index is 0.0368. The number of piperazine rings is 1. The summed E-state index contributed by atoms with van der Waals surface area (Å²) in [6, 6.07) is 13.9. The first-order valence-electron chi connectivity index (χ1n) is 10.9. The second-order valence-electron chi connectivity index (χ2n) is 7.96. The summed E-state index contributed by atoms with van der Waals surface area (Å²) >= 11 is 1.80. The highest BCUT2D eigenvalue weighted by atomic mass is 32.1. The van der Waals surface area contributed by atoms with E-state index in [0.717, 1.165) is 49.1 Å². The van der Waals surface area contributed by atoms with Crippen LogP contribution in [-0.2, 0) is 4.79 Å². The molecule has 0 atom stereocenters. The van der Waals surface area contributed by atoms with Gasteiger partial charge in [-0.1, -0.05) is 41.7 Å². The summed E-state index contributed by atoms with van der Waals surface area (Å²) in [4.78, 5) is 21.7. The maximum atomic E-state index is 12.0. The quantitative estimate of drug-likeness (QED) is 0.582. The van der Waals surface area contributed by atoms with Gasteiger partial charge in [0.2, 0.25) is 5.91 Å². The number of hydrogen-bond acceptors (Lipinski definition) is 6. The van der Waals surface area contributed by atoms with Gasteiger partial charge in [0, 0.05) is 39.3 Å². The first-order valence-corrected chi connectivity index (χ1v) is 11.7. The van der Waals surface area contributed by atoms with Gasteiger partial charge in [-0.2, -0.15) is 0 Å². The van der Waals surface area contributed by atoms with E-state index in [1.807, 2.05) is 30.3 Å². The Balaban J connectivity index is 1.16. The number of hydrogen-bond donors (Lipinski definition) is 1. The maximum absolute atomic E-state index is 12.0. The summed E-state index contributed by atoms with van der Waals surface area (Å²) in [6.45, 7) is 10.1. The Morgan fingerprint density at radius 3 is 2.55 bits per heavy atom. The van der Waals surface area contributed by atoms with E-state index in [-0.39, 0.29) is 5.91 Å². The van der Waals surface area contributed by atoms with Crippen molar-refractivity contribution in [3.8, 4) is 5.75 Å². The lowest BCUT2D eigenvalue weighted by atomic mass is 10.1. The number of aromatic nitrogens is 1. The van der Waals surface area contributed by atoms with E-state index in [1.165, 1.54) is 15.8 Å². The van der Waals surface area contributed by atoms with Gasteiger partial charge in [-0.15, -0.1) is 0 Å². The molecule has 2 heterocycles. The fourth-order valence-corrected chi connectivity index (χ4v) is 4.93. The number of amides is 1. The predicted octanol–water partition coefficient (Wildman–Crippen LogP) is 3.62. The predicted molar refractivity (Wildman–Crippen MR) is 127 cm³/mol. The van der Waals surface area contributed by atoms with Crippen LogP contribution in [0.4, 0.5) is 5.13 Å². The van der Waals surface area contributed by atoms with Crippen LogP contribution < -0.4 is 15.0 Å². The fraction of sp³-hybridized carbons (Fsp3) is 0.417. The molecule has 0 saturated carbocycles. The molecule has 1 aromatic heterocycles. The Kier molecular flexibility index (Phi) is 7.04. The molecule has 1 saturated heterocycles. The first kappa shape index (κ1) is 21.6. The summed E-state index contributed by atoms with van der Waals surface area (Å²) < 4.78 is 6.88. The van der Waals surface area contributed by atoms with Crippen LogP contribution in [0.25, 0.3) is 10.2 Å². The Labute approximate surface area is 187 Å². The molecular formula is C24H30N4O2S. The Hall–Kier alpha value is -2.64. The molecule has 0 unspecified atom stereocenters. The van der Waals surface area contributed by atoms with Gasteiger partial charge in [0.15, 0.2) is 5.13 Å². The number of aryl methyl sites for hydroxylation is 2. The average Bonchev–Trinajstić information content (AvgIpc) is 3.25. The Bertz CT molecular complexity index is 974. The third-order valence-electron chi connectivity index (χ3n) is 5.66. The fourth-order valence-electron chi connectivity index (χ4n) is 3.77. The highest BCUT2D eigenvalue weighted by Crippen LogP contribution is 2.33. The van der Waals surface area contributed by atoms with E-state index in [2.05, 4.69) is 41.1 Å². The van der Waals surface area contributed by atoms with Crippen molar-refractivity contribution in [3.05, 3.63) is 53.6 Å². The number of nitrogens with zero attached hydrogens (tertiary/aromatic N) is 3. The molecule has 1 amide bonds. The number of rotatable bonds is 8. The zero-order valence-electron chi connectivity index (χ0n) is 18.3. The van der Waals surface area contributed by atoms with Gasteiger partial charge in [-0.25, -0.2) is 4.98 Å². The van der Waals surface area contributed by atoms with Crippen LogP contribution in [0.3, 0.4) is 0 Å². The molecule has 1 N–H and O–H groups in total. The van der Waals surface area contributed by atoms with E-state index in [4.69, 9.17) is 9.72 Å². The third kappa shape index (κ3) is 5.54. The molecule has 31 heavy (non-hydrogen) atoms. The molecular weight excluding hydrogens is 408 g/mol. The number of nitrogens with one attached hydrogen (secondary N) is 1. The number of benzene rings is 2. The molecule has 164 valence electrons. The topological polar surface area (TPSA) is 57.7 Å². The van der Waals surface area contributed by atoms with Crippen molar-refractivity contribution < 1.29 is 9.53 Å². The molecule has 3 aromatic rings. The van der Waals surface area contributed by atoms with Crippen molar-refractivity contribution in [1.82, 2.24) is 15.2 Å². The van der Waals surface area contributed by atoms with Crippen LogP contribution in [0.5, 0.6) is 5.75 Å². The van der Waals surface area contributed by atoms with Gasteiger partial charge in [0.05, 0.1) is 23.2 Å². The van der Waals surface area contributed by atoms with Crippen molar-refractivity contribution in [1.29, 1.82) is 0 Å². The van der Waals surface area contributed by atoms with Crippen molar-refractivity contribution in [2.24, 2.45) is 0 Å². The van der Waals surface area contributed by atoms with Gasteiger partial charge in [-0.05, 0) is 37.1 Å². The molecule has 7 heteroatoms. The van der Waals surface area contributed by atoms with E-state index >= 15 is 0 Å². The lowest BCUT2D eigenvalue weighted by molar-refractivity contribution is -0.121. The summed E-state index contributed by atoms with van der Waals surface area (Å²) in [5, 5.41) is 4.13. The van der Waals surface area contributed by atoms with Crippen molar-refractivity contribution in [2.75, 3.05) is 50.8 Å². The molecule has 1 aliphatic heterocycles. The van der Waals surface area contributed by atoms with Crippen LogP contribution in [0, 0.1) is 13.8 Å². The lowest BCUT2D eigenvalue weighted by Crippen LogP contribution is -2.48. The summed E-state index contributed by atoms with van der Waals surface area (Å²) in [6.07, 6.45) is 0.374. The number of para-hydroxylation sites is 1. The van der Waals surface area contributed by atoms with Gasteiger partial charge in [0.1, 0.15) is 5.75 Å². The number of carbonyl (C=O) groups is 1. The van der Waals surface area contributed by atoms with Crippen molar-refractivity contribution >= 4 is 32.6 Å². The van der Waals surface area contributed by atoms with Gasteiger partial charge >= 0.3 is 0 Å². The van der Waals surface area contributed by atoms with Crippen LogP contribution in [-0.4, -0.2) is 61.7 Å². The maximum Gasteiger partial charge on any atom is 0.223 e. The molecule has 6 nitrogen and oxygen atoms in total. The molecule has 0 spiro atoms. The van der Waals surface area contributed by atoms with Crippen molar-refractivity contribution in [3.63, 3.8) is 0 Å². The van der Waals surface area contributed by atoms with Crippen LogP contribution >= 0.6 is 11.3 Å².